The normalized spacial score (nSPS) is 18.4. The smallest absolute Gasteiger partial charge is 0.0947 e. The van der Waals surface area contributed by atoms with E-state index in [1.807, 2.05) is 6.07 Å². The van der Waals surface area contributed by atoms with Gasteiger partial charge in [0.25, 0.3) is 0 Å². The molecular weight excluding hydrogens is 178 g/mol. The molecule has 0 spiro atoms. The number of furan rings is 1. The third-order valence-corrected chi connectivity index (χ3v) is 2.69. The van der Waals surface area contributed by atoms with Crippen molar-refractivity contribution in [3.05, 3.63) is 24.2 Å². The quantitative estimate of drug-likeness (QED) is 0.751. The predicted octanol–water partition coefficient (Wildman–Crippen LogP) is 1.79. The van der Waals surface area contributed by atoms with Crippen LogP contribution in [0.1, 0.15) is 18.4 Å². The Balaban J connectivity index is 1.76. The Morgan fingerprint density at radius 1 is 1.64 bits per heavy atom. The maximum atomic E-state index is 5.19. The molecule has 0 aliphatic heterocycles. The van der Waals surface area contributed by atoms with Gasteiger partial charge in [0.1, 0.15) is 0 Å². The molecule has 14 heavy (non-hydrogen) atoms. The first-order valence-corrected chi connectivity index (χ1v) is 5.13. The SMILES string of the molecule is COCC(NCc1ccoc1)C1CC1. The second kappa shape index (κ2) is 4.62. The van der Waals surface area contributed by atoms with Crippen LogP contribution in [0.4, 0.5) is 0 Å². The summed E-state index contributed by atoms with van der Waals surface area (Å²) in [5, 5.41) is 3.50. The van der Waals surface area contributed by atoms with Crippen molar-refractivity contribution in [2.45, 2.75) is 25.4 Å². The van der Waals surface area contributed by atoms with Crippen LogP contribution in [0.15, 0.2) is 23.0 Å². The molecule has 0 aromatic carbocycles. The number of ether oxygens (including phenoxy) is 1. The largest absolute Gasteiger partial charge is 0.472 e. The van der Waals surface area contributed by atoms with E-state index in [0.717, 1.165) is 19.1 Å². The summed E-state index contributed by atoms with van der Waals surface area (Å²) in [5.41, 5.74) is 1.20. The van der Waals surface area contributed by atoms with Crippen molar-refractivity contribution >= 4 is 0 Å². The summed E-state index contributed by atoms with van der Waals surface area (Å²) in [7, 11) is 1.76. The van der Waals surface area contributed by atoms with Crippen LogP contribution in [-0.4, -0.2) is 19.8 Å². The van der Waals surface area contributed by atoms with Crippen molar-refractivity contribution in [1.82, 2.24) is 5.32 Å². The molecule has 1 saturated carbocycles. The molecule has 1 heterocycles. The molecule has 1 aromatic rings. The van der Waals surface area contributed by atoms with E-state index in [4.69, 9.17) is 9.15 Å². The highest BCUT2D eigenvalue weighted by Gasteiger charge is 2.30. The van der Waals surface area contributed by atoms with Gasteiger partial charge >= 0.3 is 0 Å². The molecule has 0 amide bonds. The van der Waals surface area contributed by atoms with Gasteiger partial charge in [-0.1, -0.05) is 0 Å². The summed E-state index contributed by atoms with van der Waals surface area (Å²) >= 11 is 0. The van der Waals surface area contributed by atoms with Gasteiger partial charge in [0.15, 0.2) is 0 Å². The van der Waals surface area contributed by atoms with Gasteiger partial charge in [0, 0.05) is 25.3 Å². The lowest BCUT2D eigenvalue weighted by atomic mass is 10.2. The average molecular weight is 195 g/mol. The summed E-state index contributed by atoms with van der Waals surface area (Å²) in [4.78, 5) is 0. The topological polar surface area (TPSA) is 34.4 Å². The highest BCUT2D eigenvalue weighted by Crippen LogP contribution is 2.32. The van der Waals surface area contributed by atoms with Crippen LogP contribution < -0.4 is 5.32 Å². The molecule has 0 bridgehead atoms. The zero-order valence-electron chi connectivity index (χ0n) is 8.53. The van der Waals surface area contributed by atoms with Gasteiger partial charge in [-0.2, -0.15) is 0 Å². The van der Waals surface area contributed by atoms with Crippen molar-refractivity contribution in [2.24, 2.45) is 5.92 Å². The van der Waals surface area contributed by atoms with E-state index in [9.17, 15) is 0 Å². The molecule has 1 aromatic heterocycles. The number of rotatable bonds is 6. The van der Waals surface area contributed by atoms with Gasteiger partial charge in [-0.15, -0.1) is 0 Å². The molecule has 1 N–H and O–H groups in total. The lowest BCUT2D eigenvalue weighted by molar-refractivity contribution is 0.157. The molecular formula is C11H17NO2. The van der Waals surface area contributed by atoms with Crippen molar-refractivity contribution in [3.8, 4) is 0 Å². The summed E-state index contributed by atoms with van der Waals surface area (Å²) in [5.74, 6) is 0.821. The van der Waals surface area contributed by atoms with E-state index < -0.39 is 0 Å². The number of hydrogen-bond acceptors (Lipinski definition) is 3. The molecule has 0 radical (unpaired) electrons. The van der Waals surface area contributed by atoms with Gasteiger partial charge in [-0.25, -0.2) is 0 Å². The minimum absolute atomic E-state index is 0.509. The van der Waals surface area contributed by atoms with Crippen LogP contribution in [0.25, 0.3) is 0 Å². The van der Waals surface area contributed by atoms with E-state index in [1.54, 1.807) is 19.6 Å². The van der Waals surface area contributed by atoms with Crippen LogP contribution in [0.5, 0.6) is 0 Å². The molecule has 3 heteroatoms. The van der Waals surface area contributed by atoms with Crippen LogP contribution in [0, 0.1) is 5.92 Å². The molecule has 1 aliphatic rings. The molecule has 1 unspecified atom stereocenters. The number of hydrogen-bond donors (Lipinski definition) is 1. The third-order valence-electron chi connectivity index (χ3n) is 2.69. The molecule has 78 valence electrons. The minimum atomic E-state index is 0.509. The Morgan fingerprint density at radius 3 is 3.07 bits per heavy atom. The monoisotopic (exact) mass is 195 g/mol. The summed E-state index contributed by atoms with van der Waals surface area (Å²) < 4.78 is 10.2. The van der Waals surface area contributed by atoms with E-state index in [-0.39, 0.29) is 0 Å². The Kier molecular flexibility index (Phi) is 3.22. The fourth-order valence-corrected chi connectivity index (χ4v) is 1.68. The third kappa shape index (κ3) is 2.59. The van der Waals surface area contributed by atoms with Gasteiger partial charge in [0.2, 0.25) is 0 Å². The zero-order chi connectivity index (χ0) is 9.80. The lowest BCUT2D eigenvalue weighted by Gasteiger charge is -2.16. The maximum absolute atomic E-state index is 5.19. The number of methoxy groups -OCH3 is 1. The highest BCUT2D eigenvalue weighted by atomic mass is 16.5. The van der Waals surface area contributed by atoms with Crippen molar-refractivity contribution in [1.29, 1.82) is 0 Å². The molecule has 1 fully saturated rings. The fraction of sp³-hybridized carbons (Fsp3) is 0.636. The molecule has 1 aliphatic carbocycles. The Morgan fingerprint density at radius 2 is 2.50 bits per heavy atom. The molecule has 3 nitrogen and oxygen atoms in total. The van der Waals surface area contributed by atoms with Crippen molar-refractivity contribution < 1.29 is 9.15 Å². The van der Waals surface area contributed by atoms with E-state index >= 15 is 0 Å². The molecule has 0 saturated heterocycles. The second-order valence-electron chi connectivity index (χ2n) is 3.91. The summed E-state index contributed by atoms with van der Waals surface area (Å²) in [6.07, 6.45) is 6.17. The van der Waals surface area contributed by atoms with E-state index in [1.165, 1.54) is 18.4 Å². The maximum Gasteiger partial charge on any atom is 0.0947 e. The standard InChI is InChI=1S/C11H17NO2/c1-13-8-11(10-2-3-10)12-6-9-4-5-14-7-9/h4-5,7,10-12H,2-3,6,8H2,1H3. The highest BCUT2D eigenvalue weighted by molar-refractivity contribution is 5.05. The van der Waals surface area contributed by atoms with Gasteiger partial charge in [0.05, 0.1) is 19.1 Å². The van der Waals surface area contributed by atoms with Crippen LogP contribution >= 0.6 is 0 Å². The van der Waals surface area contributed by atoms with E-state index in [2.05, 4.69) is 5.32 Å². The van der Waals surface area contributed by atoms with Crippen molar-refractivity contribution in [3.63, 3.8) is 0 Å². The summed E-state index contributed by atoms with van der Waals surface area (Å²) in [6.45, 7) is 1.68. The Bertz CT molecular complexity index is 254. The zero-order valence-corrected chi connectivity index (χ0v) is 8.53. The minimum Gasteiger partial charge on any atom is -0.472 e. The Hall–Kier alpha value is -0.800. The fourth-order valence-electron chi connectivity index (χ4n) is 1.68. The molecule has 2 rings (SSSR count). The van der Waals surface area contributed by atoms with Crippen LogP contribution in [-0.2, 0) is 11.3 Å². The van der Waals surface area contributed by atoms with Gasteiger partial charge < -0.3 is 14.5 Å². The van der Waals surface area contributed by atoms with Gasteiger partial charge in [-0.3, -0.25) is 0 Å². The first-order valence-electron chi connectivity index (χ1n) is 5.13. The first kappa shape index (κ1) is 9.74. The Labute approximate surface area is 84.4 Å². The second-order valence-corrected chi connectivity index (χ2v) is 3.91. The van der Waals surface area contributed by atoms with Crippen LogP contribution in [0.3, 0.4) is 0 Å². The lowest BCUT2D eigenvalue weighted by Crippen LogP contribution is -2.34. The summed E-state index contributed by atoms with van der Waals surface area (Å²) in [6, 6.07) is 2.50. The van der Waals surface area contributed by atoms with E-state index in [0.29, 0.717) is 6.04 Å². The molecule has 1 atom stereocenters. The van der Waals surface area contributed by atoms with Crippen LogP contribution in [0.2, 0.25) is 0 Å². The number of nitrogens with one attached hydrogen (secondary N) is 1. The van der Waals surface area contributed by atoms with Gasteiger partial charge in [-0.05, 0) is 24.8 Å². The first-order chi connectivity index (χ1) is 6.90. The average Bonchev–Trinajstić information content (AvgIpc) is 2.90. The van der Waals surface area contributed by atoms with Crippen molar-refractivity contribution in [2.75, 3.05) is 13.7 Å². The predicted molar refractivity (Wildman–Crippen MR) is 53.9 cm³/mol.